The largest absolute Gasteiger partial charge is 0.241 e. The molecule has 0 aliphatic rings. The van der Waals surface area contributed by atoms with Crippen LogP contribution in [0.2, 0.25) is 5.02 Å². The molecule has 0 spiro atoms. The van der Waals surface area contributed by atoms with Gasteiger partial charge in [0.25, 0.3) is 0 Å². The van der Waals surface area contributed by atoms with Crippen molar-refractivity contribution in [3.8, 4) is 0 Å². The Morgan fingerprint density at radius 3 is 1.83 bits per heavy atom. The van der Waals surface area contributed by atoms with E-state index >= 15 is 0 Å². The third kappa shape index (κ3) is 4.54. The van der Waals surface area contributed by atoms with Crippen LogP contribution in [-0.2, 0) is 19.9 Å². The summed E-state index contributed by atoms with van der Waals surface area (Å²) in [4.78, 5) is 0.301. The van der Waals surface area contributed by atoms with E-state index in [-0.39, 0.29) is 9.79 Å². The third-order valence-electron chi connectivity index (χ3n) is 3.26. The number of rotatable bonds is 5. The Morgan fingerprint density at radius 1 is 0.870 bits per heavy atom. The SMILES string of the molecule is C[C@@H](NS(=O)(=O)c1ccc(Cl)cc1)c1ccc(S(C)(=O)=O)cc1. The molecule has 1 N–H and O–H groups in total. The molecule has 2 rings (SSSR count). The molecule has 8 heteroatoms. The van der Waals surface area contributed by atoms with E-state index in [0.717, 1.165) is 6.26 Å². The lowest BCUT2D eigenvalue weighted by molar-refractivity contribution is 0.566. The Kier molecular flexibility index (Phi) is 5.15. The van der Waals surface area contributed by atoms with Crippen molar-refractivity contribution in [2.45, 2.75) is 22.8 Å². The number of nitrogens with one attached hydrogen (secondary N) is 1. The molecule has 23 heavy (non-hydrogen) atoms. The first kappa shape index (κ1) is 17.9. The molecule has 0 saturated carbocycles. The Balaban J connectivity index is 2.21. The van der Waals surface area contributed by atoms with Crippen molar-refractivity contribution in [1.82, 2.24) is 4.72 Å². The van der Waals surface area contributed by atoms with Crippen LogP contribution in [0.5, 0.6) is 0 Å². The first-order chi connectivity index (χ1) is 10.6. The van der Waals surface area contributed by atoms with Gasteiger partial charge in [0.2, 0.25) is 10.0 Å². The van der Waals surface area contributed by atoms with E-state index in [1.165, 1.54) is 36.4 Å². The quantitative estimate of drug-likeness (QED) is 0.873. The van der Waals surface area contributed by atoms with Gasteiger partial charge in [-0.1, -0.05) is 23.7 Å². The minimum atomic E-state index is -3.69. The Morgan fingerprint density at radius 2 is 1.35 bits per heavy atom. The van der Waals surface area contributed by atoms with Gasteiger partial charge in [0.1, 0.15) is 0 Å². The zero-order valence-corrected chi connectivity index (χ0v) is 14.9. The molecule has 0 aromatic heterocycles. The summed E-state index contributed by atoms with van der Waals surface area (Å²) in [5.41, 5.74) is 0.662. The number of halogens is 1. The highest BCUT2D eigenvalue weighted by molar-refractivity contribution is 7.90. The van der Waals surface area contributed by atoms with Gasteiger partial charge in [-0.15, -0.1) is 0 Å². The van der Waals surface area contributed by atoms with Crippen molar-refractivity contribution in [1.29, 1.82) is 0 Å². The van der Waals surface area contributed by atoms with E-state index in [1.807, 2.05) is 0 Å². The number of benzene rings is 2. The maximum Gasteiger partial charge on any atom is 0.241 e. The highest BCUT2D eigenvalue weighted by atomic mass is 35.5. The van der Waals surface area contributed by atoms with Crippen LogP contribution in [0.3, 0.4) is 0 Å². The van der Waals surface area contributed by atoms with Crippen LogP contribution in [0.25, 0.3) is 0 Å². The average molecular weight is 374 g/mol. The van der Waals surface area contributed by atoms with Crippen molar-refractivity contribution >= 4 is 31.5 Å². The minimum Gasteiger partial charge on any atom is -0.224 e. The lowest BCUT2D eigenvalue weighted by Gasteiger charge is -2.15. The fraction of sp³-hybridized carbons (Fsp3) is 0.200. The second-order valence-electron chi connectivity index (χ2n) is 5.14. The van der Waals surface area contributed by atoms with Gasteiger partial charge < -0.3 is 0 Å². The molecule has 5 nitrogen and oxygen atoms in total. The molecule has 2 aromatic rings. The molecule has 0 bridgehead atoms. The van der Waals surface area contributed by atoms with Gasteiger partial charge in [0.05, 0.1) is 9.79 Å². The number of sulfone groups is 1. The molecule has 0 fully saturated rings. The molecule has 0 radical (unpaired) electrons. The molecule has 0 aliphatic carbocycles. The van der Waals surface area contributed by atoms with Crippen molar-refractivity contribution in [2.24, 2.45) is 0 Å². The summed E-state index contributed by atoms with van der Waals surface area (Å²) in [7, 11) is -6.97. The average Bonchev–Trinajstić information content (AvgIpc) is 2.46. The molecule has 124 valence electrons. The van der Waals surface area contributed by atoms with Crippen LogP contribution in [0.15, 0.2) is 58.3 Å². The number of hydrogen-bond donors (Lipinski definition) is 1. The Labute approximate surface area is 141 Å². The van der Waals surface area contributed by atoms with Gasteiger partial charge in [-0.05, 0) is 48.9 Å². The smallest absolute Gasteiger partial charge is 0.224 e. The standard InChI is InChI=1S/C15H16ClNO4S2/c1-11(12-3-7-14(8-4-12)22(2,18)19)17-23(20,21)15-9-5-13(16)6-10-15/h3-11,17H,1-2H3/t11-/m1/s1. The van der Waals surface area contributed by atoms with Crippen molar-refractivity contribution in [2.75, 3.05) is 6.26 Å². The van der Waals surface area contributed by atoms with Crippen molar-refractivity contribution < 1.29 is 16.8 Å². The maximum absolute atomic E-state index is 12.3. The second kappa shape index (κ2) is 6.60. The van der Waals surface area contributed by atoms with E-state index < -0.39 is 25.9 Å². The summed E-state index contributed by atoms with van der Waals surface area (Å²) in [6.45, 7) is 1.68. The minimum absolute atomic E-state index is 0.113. The van der Waals surface area contributed by atoms with Crippen LogP contribution in [0.4, 0.5) is 0 Å². The molecule has 0 unspecified atom stereocenters. The van der Waals surface area contributed by atoms with E-state index in [0.29, 0.717) is 10.6 Å². The molecule has 0 saturated heterocycles. The van der Waals surface area contributed by atoms with Crippen LogP contribution >= 0.6 is 11.6 Å². The molecular formula is C15H16ClNO4S2. The van der Waals surface area contributed by atoms with E-state index in [1.54, 1.807) is 19.1 Å². The lowest BCUT2D eigenvalue weighted by Crippen LogP contribution is -2.26. The predicted molar refractivity (Wildman–Crippen MR) is 89.7 cm³/mol. The lowest BCUT2D eigenvalue weighted by atomic mass is 10.1. The van der Waals surface area contributed by atoms with Gasteiger partial charge in [0.15, 0.2) is 9.84 Å². The molecule has 2 aromatic carbocycles. The summed E-state index contributed by atoms with van der Waals surface area (Å²) >= 11 is 5.75. The van der Waals surface area contributed by atoms with Crippen LogP contribution in [-0.4, -0.2) is 23.1 Å². The Bertz CT molecular complexity index is 889. The van der Waals surface area contributed by atoms with E-state index in [4.69, 9.17) is 11.6 Å². The van der Waals surface area contributed by atoms with Crippen molar-refractivity contribution in [3.63, 3.8) is 0 Å². The van der Waals surface area contributed by atoms with E-state index in [2.05, 4.69) is 4.72 Å². The number of sulfonamides is 1. The first-order valence-corrected chi connectivity index (χ1v) is 10.4. The molecular weight excluding hydrogens is 358 g/mol. The second-order valence-corrected chi connectivity index (χ2v) is 9.30. The predicted octanol–water partition coefficient (Wildman–Crippen LogP) is 2.78. The molecule has 0 aliphatic heterocycles. The topological polar surface area (TPSA) is 80.3 Å². The van der Waals surface area contributed by atoms with Gasteiger partial charge in [0, 0.05) is 17.3 Å². The normalized spacial score (nSPS) is 13.7. The molecule has 1 atom stereocenters. The van der Waals surface area contributed by atoms with Gasteiger partial charge >= 0.3 is 0 Å². The first-order valence-electron chi connectivity index (χ1n) is 6.67. The summed E-state index contributed by atoms with van der Waals surface area (Å²) in [5.74, 6) is 0. The van der Waals surface area contributed by atoms with Crippen LogP contribution in [0.1, 0.15) is 18.5 Å². The molecule has 0 amide bonds. The van der Waals surface area contributed by atoms with Crippen LogP contribution in [0, 0.1) is 0 Å². The highest BCUT2D eigenvalue weighted by Gasteiger charge is 2.18. The monoisotopic (exact) mass is 373 g/mol. The summed E-state index contributed by atoms with van der Waals surface area (Å²) in [6.07, 6.45) is 1.12. The summed E-state index contributed by atoms with van der Waals surface area (Å²) < 4.78 is 50.0. The van der Waals surface area contributed by atoms with Crippen molar-refractivity contribution in [3.05, 3.63) is 59.1 Å². The van der Waals surface area contributed by atoms with E-state index in [9.17, 15) is 16.8 Å². The summed E-state index contributed by atoms with van der Waals surface area (Å²) in [6, 6.07) is 11.4. The third-order valence-corrected chi connectivity index (χ3v) is 6.20. The van der Waals surface area contributed by atoms with Gasteiger partial charge in [-0.25, -0.2) is 21.6 Å². The fourth-order valence-electron chi connectivity index (χ4n) is 1.99. The fourth-order valence-corrected chi connectivity index (χ4v) is 3.97. The Hall–Kier alpha value is -1.41. The van der Waals surface area contributed by atoms with Crippen LogP contribution < -0.4 is 4.72 Å². The zero-order valence-electron chi connectivity index (χ0n) is 12.5. The van der Waals surface area contributed by atoms with Gasteiger partial charge in [-0.3, -0.25) is 0 Å². The molecule has 0 heterocycles. The summed E-state index contributed by atoms with van der Waals surface area (Å²) in [5, 5.41) is 0.452. The van der Waals surface area contributed by atoms with Gasteiger partial charge in [-0.2, -0.15) is 0 Å². The zero-order chi connectivity index (χ0) is 17.3. The highest BCUT2D eigenvalue weighted by Crippen LogP contribution is 2.20. The maximum atomic E-state index is 12.3. The number of hydrogen-bond acceptors (Lipinski definition) is 4.